The lowest BCUT2D eigenvalue weighted by Gasteiger charge is -2.64. The van der Waals surface area contributed by atoms with Gasteiger partial charge >= 0.3 is 6.09 Å². The van der Waals surface area contributed by atoms with Crippen molar-refractivity contribution >= 4 is 27.5 Å². The molecule has 8 nitrogen and oxygen atoms in total. The Morgan fingerprint density at radius 3 is 2.56 bits per heavy atom. The number of aromatic nitrogens is 1. The predicted molar refractivity (Wildman–Crippen MR) is 149 cm³/mol. The first-order valence-electron chi connectivity index (χ1n) is 14.9. The van der Waals surface area contributed by atoms with Crippen LogP contribution in [0.1, 0.15) is 85.5 Å². The number of fused-ring (bicyclic) bond motifs is 5. The van der Waals surface area contributed by atoms with Crippen LogP contribution in [0.3, 0.4) is 0 Å². The molecule has 10 heteroatoms. The molecule has 4 fully saturated rings. The lowest BCUT2D eigenvalue weighted by Crippen LogP contribution is -2.62. The Morgan fingerprint density at radius 2 is 1.87 bits per heavy atom. The van der Waals surface area contributed by atoms with Crippen LogP contribution in [0.15, 0.2) is 15.9 Å². The summed E-state index contributed by atoms with van der Waals surface area (Å²) in [7, 11) is -4.00. The number of hydrogen-bond donors (Lipinski definition) is 3. The number of hydrogen-bond acceptors (Lipinski definition) is 8. The Morgan fingerprint density at radius 1 is 1.15 bits per heavy atom. The molecule has 4 aliphatic rings. The van der Waals surface area contributed by atoms with Gasteiger partial charge in [0.2, 0.25) is 4.34 Å². The van der Waals surface area contributed by atoms with Gasteiger partial charge in [0.15, 0.2) is 0 Å². The van der Waals surface area contributed by atoms with Crippen LogP contribution >= 0.6 is 11.3 Å². The van der Waals surface area contributed by atoms with Crippen LogP contribution in [-0.4, -0.2) is 48.5 Å². The number of thiazole rings is 1. The number of aliphatic hydroxyl groups excluding tert-OH is 2. The van der Waals surface area contributed by atoms with Crippen molar-refractivity contribution in [2.24, 2.45) is 52.3 Å². The smallest absolute Gasteiger partial charge is 0.421 e. The molecule has 5 rings (SSSR count). The molecule has 1 heterocycles. The van der Waals surface area contributed by atoms with Crippen LogP contribution in [0.2, 0.25) is 0 Å². The first-order chi connectivity index (χ1) is 18.4. The van der Waals surface area contributed by atoms with Crippen LogP contribution in [0.4, 0.5) is 4.79 Å². The molecule has 3 N–H and O–H groups in total. The zero-order valence-electron chi connectivity index (χ0n) is 23.7. The Balaban J connectivity index is 1.23. The number of nitrogens with zero attached hydrogens (tertiary/aromatic N) is 1. The molecule has 0 radical (unpaired) electrons. The maximum absolute atomic E-state index is 12.2. The molecule has 1 aromatic rings. The summed E-state index contributed by atoms with van der Waals surface area (Å²) in [4.78, 5) is 15.9. The van der Waals surface area contributed by atoms with Gasteiger partial charge in [-0.25, -0.2) is 14.5 Å². The van der Waals surface area contributed by atoms with Gasteiger partial charge in [0, 0.05) is 11.6 Å². The second kappa shape index (κ2) is 10.9. The number of rotatable bonds is 7. The van der Waals surface area contributed by atoms with Crippen molar-refractivity contribution in [3.05, 3.63) is 11.6 Å². The van der Waals surface area contributed by atoms with Crippen molar-refractivity contribution in [2.45, 2.75) is 102 Å². The van der Waals surface area contributed by atoms with Crippen LogP contribution in [-0.2, 0) is 14.8 Å². The summed E-state index contributed by atoms with van der Waals surface area (Å²) in [5, 5.41) is 23.9. The molecule has 1 aromatic heterocycles. The van der Waals surface area contributed by atoms with E-state index < -0.39 is 16.1 Å². The molecule has 11 atom stereocenters. The molecular formula is C29H46N2O6S2. The van der Waals surface area contributed by atoms with E-state index >= 15 is 0 Å². The summed E-state index contributed by atoms with van der Waals surface area (Å²) in [6.07, 6.45) is 8.77. The maximum Gasteiger partial charge on any atom is 0.421 e. The van der Waals surface area contributed by atoms with E-state index in [-0.39, 0.29) is 39.9 Å². The Kier molecular flexibility index (Phi) is 8.16. The normalized spacial score (nSPS) is 42.6. The fourth-order valence-corrected chi connectivity index (χ4v) is 11.7. The summed E-state index contributed by atoms with van der Waals surface area (Å²) in [5.74, 6) is 2.72. The number of amides is 1. The molecule has 0 aliphatic heterocycles. The van der Waals surface area contributed by atoms with Gasteiger partial charge in [0.25, 0.3) is 10.0 Å². The van der Waals surface area contributed by atoms with Crippen molar-refractivity contribution < 1.29 is 28.2 Å². The largest absolute Gasteiger partial charge is 0.449 e. The van der Waals surface area contributed by atoms with Gasteiger partial charge in [-0.1, -0.05) is 34.1 Å². The number of aliphatic hydroxyl groups is 2. The van der Waals surface area contributed by atoms with E-state index in [0.29, 0.717) is 41.9 Å². The van der Waals surface area contributed by atoms with Crippen molar-refractivity contribution in [1.29, 1.82) is 0 Å². The topological polar surface area (TPSA) is 126 Å². The first-order valence-corrected chi connectivity index (χ1v) is 17.2. The molecule has 0 saturated heterocycles. The third-order valence-corrected chi connectivity index (χ3v) is 14.3. The van der Waals surface area contributed by atoms with Gasteiger partial charge < -0.3 is 14.9 Å². The van der Waals surface area contributed by atoms with E-state index in [1.165, 1.54) is 11.6 Å². The highest BCUT2D eigenvalue weighted by Crippen LogP contribution is 2.69. The molecule has 0 aromatic carbocycles. The minimum absolute atomic E-state index is 0.133. The molecule has 1 amide bonds. The van der Waals surface area contributed by atoms with Gasteiger partial charge in [-0.2, -0.15) is 8.42 Å². The summed E-state index contributed by atoms with van der Waals surface area (Å²) >= 11 is 0.944. The number of nitrogens with one attached hydrogen (secondary N) is 1. The lowest BCUT2D eigenvalue weighted by molar-refractivity contribution is -0.203. The number of ether oxygens (including phenoxy) is 1. The van der Waals surface area contributed by atoms with E-state index in [4.69, 9.17) is 4.74 Å². The van der Waals surface area contributed by atoms with Gasteiger partial charge in [-0.3, -0.25) is 0 Å². The molecular weight excluding hydrogens is 536 g/mol. The highest BCUT2D eigenvalue weighted by molar-refractivity contribution is 7.92. The van der Waals surface area contributed by atoms with E-state index in [2.05, 4.69) is 32.7 Å². The molecule has 220 valence electrons. The molecule has 0 bridgehead atoms. The fourth-order valence-electron chi connectivity index (χ4n) is 10.00. The molecule has 39 heavy (non-hydrogen) atoms. The summed E-state index contributed by atoms with van der Waals surface area (Å²) in [6, 6.07) is 0. The van der Waals surface area contributed by atoms with Gasteiger partial charge in [0.05, 0.1) is 18.8 Å². The second-order valence-electron chi connectivity index (χ2n) is 13.4. The van der Waals surface area contributed by atoms with Gasteiger partial charge in [-0.15, -0.1) is 11.3 Å². The fraction of sp³-hybridized carbons (Fsp3) is 0.862. The molecule has 0 spiro atoms. The van der Waals surface area contributed by atoms with Crippen LogP contribution in [0.5, 0.6) is 0 Å². The van der Waals surface area contributed by atoms with Crippen molar-refractivity contribution in [2.75, 3.05) is 6.61 Å². The monoisotopic (exact) mass is 582 g/mol. The first kappa shape index (κ1) is 29.3. The Labute approximate surface area is 237 Å². The minimum atomic E-state index is -4.00. The van der Waals surface area contributed by atoms with E-state index in [0.717, 1.165) is 62.7 Å². The number of carbonyl (C=O) groups is 1. The summed E-state index contributed by atoms with van der Waals surface area (Å²) < 4.78 is 31.5. The predicted octanol–water partition coefficient (Wildman–Crippen LogP) is 5.21. The Hall–Kier alpha value is -1.23. The summed E-state index contributed by atoms with van der Waals surface area (Å²) in [6.45, 7) is 9.49. The molecule has 0 unspecified atom stereocenters. The number of carbonyl (C=O) groups excluding carboxylic acids is 1. The quantitative estimate of drug-likeness (QED) is 0.403. The van der Waals surface area contributed by atoms with Crippen molar-refractivity contribution in [1.82, 2.24) is 9.71 Å². The van der Waals surface area contributed by atoms with E-state index in [1.807, 2.05) is 4.72 Å². The average molecular weight is 583 g/mol. The molecule has 4 saturated carbocycles. The Bertz CT molecular complexity index is 1130. The zero-order valence-corrected chi connectivity index (χ0v) is 25.3. The van der Waals surface area contributed by atoms with Crippen molar-refractivity contribution in [3.8, 4) is 0 Å². The highest BCUT2D eigenvalue weighted by atomic mass is 32.2. The molecule has 4 aliphatic carbocycles. The number of sulfonamides is 1. The summed E-state index contributed by atoms with van der Waals surface area (Å²) in [5.41, 5.74) is 0.322. The van der Waals surface area contributed by atoms with Crippen LogP contribution < -0.4 is 4.72 Å². The SMILES string of the molecule is CC[C@H]1[C@@H](O)[C@@H]2[C@H](CC[C@]3(C)[C@@H]([C@H](C)CCOC(=O)NS(=O)(=O)c4nccs4)CC[C@@H]23)[C@@]2(C)CC[C@@H](O)C[C@@H]12. The lowest BCUT2D eigenvalue weighted by atomic mass is 9.41. The minimum Gasteiger partial charge on any atom is -0.449 e. The van der Waals surface area contributed by atoms with Gasteiger partial charge in [0.1, 0.15) is 0 Å². The standard InChI is InChI=1S/C29H46N2O6S2/c1-5-19-23-16-18(32)8-11-29(23,4)22-9-12-28(3)20(6-7-21(28)24(22)25(19)33)17(2)10-14-37-26(34)31-39(35,36)27-30-13-15-38-27/h13,15,17-25,32-33H,5-12,14,16H2,1-4H3,(H,31,34)/t17-,18-,19-,20-,21+,22+,23+,24+,25-,28-,29-/m1/s1. The third-order valence-electron chi connectivity index (χ3n) is 11.8. The second-order valence-corrected chi connectivity index (χ2v) is 16.2. The highest BCUT2D eigenvalue weighted by Gasteiger charge is 2.64. The van der Waals surface area contributed by atoms with Crippen molar-refractivity contribution in [3.63, 3.8) is 0 Å². The third kappa shape index (κ3) is 5.06. The maximum atomic E-state index is 12.2. The van der Waals surface area contributed by atoms with Crippen LogP contribution in [0.25, 0.3) is 0 Å². The average Bonchev–Trinajstić information content (AvgIpc) is 3.54. The van der Waals surface area contributed by atoms with Gasteiger partial charge in [-0.05, 0) is 104 Å². The van der Waals surface area contributed by atoms with E-state index in [9.17, 15) is 23.4 Å². The van der Waals surface area contributed by atoms with E-state index in [1.54, 1.807) is 0 Å². The zero-order chi connectivity index (χ0) is 28.2. The van der Waals surface area contributed by atoms with Crippen LogP contribution in [0, 0.1) is 52.3 Å².